The predicted molar refractivity (Wildman–Crippen MR) is 122 cm³/mol. The average Bonchev–Trinajstić information content (AvgIpc) is 3.43. The van der Waals surface area contributed by atoms with Crippen LogP contribution in [0.25, 0.3) is 33.5 Å². The Morgan fingerprint density at radius 3 is 2.57 bits per heavy atom. The summed E-state index contributed by atoms with van der Waals surface area (Å²) in [5, 5.41) is 8.69. The van der Waals surface area contributed by atoms with Crippen LogP contribution in [0, 0.1) is 0 Å². The fraction of sp³-hybridized carbons (Fsp3) is 0.417. The normalized spacial score (nSPS) is 19.1. The van der Waals surface area contributed by atoms with Crippen LogP contribution in [-0.4, -0.2) is 57.3 Å². The van der Waals surface area contributed by atoms with E-state index in [9.17, 15) is 0 Å². The van der Waals surface area contributed by atoms with Crippen molar-refractivity contribution in [3.63, 3.8) is 0 Å². The summed E-state index contributed by atoms with van der Waals surface area (Å²) in [4.78, 5) is 13.5. The van der Waals surface area contributed by atoms with Crippen molar-refractivity contribution in [2.75, 3.05) is 31.1 Å². The molecule has 0 bridgehead atoms. The molecule has 6 nitrogen and oxygen atoms in total. The molecule has 6 heteroatoms. The van der Waals surface area contributed by atoms with E-state index in [2.05, 4.69) is 49.2 Å². The maximum absolute atomic E-state index is 4.80. The van der Waals surface area contributed by atoms with Gasteiger partial charge in [-0.2, -0.15) is 5.10 Å². The molecule has 3 heterocycles. The molecule has 2 aliphatic rings. The van der Waals surface area contributed by atoms with E-state index in [-0.39, 0.29) is 0 Å². The van der Waals surface area contributed by atoms with Gasteiger partial charge in [0, 0.05) is 43.3 Å². The Morgan fingerprint density at radius 1 is 0.867 bits per heavy atom. The van der Waals surface area contributed by atoms with Gasteiger partial charge in [-0.3, -0.25) is 10.00 Å². The van der Waals surface area contributed by atoms with E-state index < -0.39 is 0 Å². The standard InChI is InChI=1S/C24H28N6/c1-2-6-17(7-3-1)29-12-14-30(15-13-29)18-10-11-21-22(16-18)26-24(25-21)23-19-8-4-5-9-20(19)27-28-23/h4-5,8-11,16-17H,1-3,6-7,12-15H2,(H,25,26)(H,27,28). The summed E-state index contributed by atoms with van der Waals surface area (Å²) in [6.07, 6.45) is 7.04. The second-order valence-corrected chi connectivity index (χ2v) is 8.72. The second-order valence-electron chi connectivity index (χ2n) is 8.72. The van der Waals surface area contributed by atoms with Crippen LogP contribution in [0.15, 0.2) is 42.5 Å². The van der Waals surface area contributed by atoms with Crippen LogP contribution in [0.2, 0.25) is 0 Å². The van der Waals surface area contributed by atoms with E-state index in [1.165, 1.54) is 50.9 Å². The molecule has 0 radical (unpaired) electrons. The number of anilines is 1. The Balaban J connectivity index is 1.22. The number of benzene rings is 2. The van der Waals surface area contributed by atoms with Gasteiger partial charge in [-0.05, 0) is 37.1 Å². The van der Waals surface area contributed by atoms with Gasteiger partial charge >= 0.3 is 0 Å². The molecule has 0 spiro atoms. The summed E-state index contributed by atoms with van der Waals surface area (Å²) in [6.45, 7) is 4.56. The van der Waals surface area contributed by atoms with Gasteiger partial charge < -0.3 is 9.88 Å². The number of imidazole rings is 1. The van der Waals surface area contributed by atoms with Crippen molar-refractivity contribution in [1.82, 2.24) is 25.1 Å². The summed E-state index contributed by atoms with van der Waals surface area (Å²) in [6, 6.07) is 15.6. The van der Waals surface area contributed by atoms with E-state index in [0.29, 0.717) is 0 Å². The van der Waals surface area contributed by atoms with Crippen LogP contribution in [-0.2, 0) is 0 Å². The molecule has 2 aromatic carbocycles. The van der Waals surface area contributed by atoms with Crippen LogP contribution in [0.4, 0.5) is 5.69 Å². The zero-order chi connectivity index (χ0) is 19.9. The molecule has 1 aliphatic carbocycles. The van der Waals surface area contributed by atoms with Crippen molar-refractivity contribution in [3.8, 4) is 11.5 Å². The molecular weight excluding hydrogens is 372 g/mol. The molecule has 0 unspecified atom stereocenters. The Kier molecular flexibility index (Phi) is 4.45. The number of hydrogen-bond donors (Lipinski definition) is 2. The average molecular weight is 401 g/mol. The molecule has 2 aromatic heterocycles. The van der Waals surface area contributed by atoms with E-state index >= 15 is 0 Å². The van der Waals surface area contributed by atoms with Gasteiger partial charge in [0.15, 0.2) is 5.82 Å². The van der Waals surface area contributed by atoms with Crippen molar-refractivity contribution in [1.29, 1.82) is 0 Å². The molecule has 1 saturated heterocycles. The zero-order valence-corrected chi connectivity index (χ0v) is 17.3. The Labute approximate surface area is 176 Å². The number of aromatic amines is 2. The highest BCUT2D eigenvalue weighted by Crippen LogP contribution is 2.29. The second kappa shape index (κ2) is 7.43. The fourth-order valence-corrected chi connectivity index (χ4v) is 5.24. The summed E-state index contributed by atoms with van der Waals surface area (Å²) in [5.74, 6) is 0.821. The van der Waals surface area contributed by atoms with Crippen molar-refractivity contribution in [2.24, 2.45) is 0 Å². The maximum atomic E-state index is 4.80. The molecule has 1 aliphatic heterocycles. The Morgan fingerprint density at radius 2 is 1.70 bits per heavy atom. The molecule has 6 rings (SSSR count). The first-order valence-electron chi connectivity index (χ1n) is 11.3. The van der Waals surface area contributed by atoms with Crippen molar-refractivity contribution < 1.29 is 0 Å². The first-order chi connectivity index (χ1) is 14.8. The molecule has 2 fully saturated rings. The number of para-hydroxylation sites is 1. The van der Waals surface area contributed by atoms with Crippen LogP contribution in [0.1, 0.15) is 32.1 Å². The molecule has 154 valence electrons. The summed E-state index contributed by atoms with van der Waals surface area (Å²) < 4.78 is 0. The highest BCUT2D eigenvalue weighted by Gasteiger charge is 2.25. The lowest BCUT2D eigenvalue weighted by atomic mass is 9.94. The summed E-state index contributed by atoms with van der Waals surface area (Å²) in [5.41, 5.74) is 5.26. The highest BCUT2D eigenvalue weighted by molar-refractivity contribution is 5.93. The number of aromatic nitrogens is 4. The number of piperazine rings is 1. The lowest BCUT2D eigenvalue weighted by Gasteiger charge is -2.41. The minimum atomic E-state index is 0.821. The third kappa shape index (κ3) is 3.16. The minimum Gasteiger partial charge on any atom is -0.369 e. The summed E-state index contributed by atoms with van der Waals surface area (Å²) >= 11 is 0. The van der Waals surface area contributed by atoms with Crippen LogP contribution >= 0.6 is 0 Å². The SMILES string of the molecule is c1ccc2c(-c3nc4ccc(N5CCN(C6CCCCC6)CC5)cc4[nH]3)n[nH]c2c1. The molecule has 0 amide bonds. The van der Waals surface area contributed by atoms with Gasteiger partial charge in [-0.25, -0.2) is 4.98 Å². The van der Waals surface area contributed by atoms with Gasteiger partial charge in [0.25, 0.3) is 0 Å². The molecule has 30 heavy (non-hydrogen) atoms. The van der Waals surface area contributed by atoms with E-state index in [1.807, 2.05) is 18.2 Å². The number of rotatable bonds is 3. The van der Waals surface area contributed by atoms with Gasteiger partial charge in [0.05, 0.1) is 16.6 Å². The van der Waals surface area contributed by atoms with Gasteiger partial charge in [0.2, 0.25) is 0 Å². The van der Waals surface area contributed by atoms with E-state index in [0.717, 1.165) is 52.6 Å². The maximum Gasteiger partial charge on any atom is 0.159 e. The fourth-order valence-electron chi connectivity index (χ4n) is 5.24. The molecular formula is C24H28N6. The monoisotopic (exact) mass is 400 g/mol. The third-order valence-corrected chi connectivity index (χ3v) is 6.93. The van der Waals surface area contributed by atoms with Crippen LogP contribution in [0.3, 0.4) is 0 Å². The van der Waals surface area contributed by atoms with Gasteiger partial charge in [-0.15, -0.1) is 0 Å². The molecule has 0 atom stereocenters. The Bertz CT molecular complexity index is 1160. The molecule has 1 saturated carbocycles. The quantitative estimate of drug-likeness (QED) is 0.529. The van der Waals surface area contributed by atoms with Crippen LogP contribution in [0.5, 0.6) is 0 Å². The van der Waals surface area contributed by atoms with Crippen molar-refractivity contribution >= 4 is 27.6 Å². The first-order valence-corrected chi connectivity index (χ1v) is 11.3. The topological polar surface area (TPSA) is 63.8 Å². The first kappa shape index (κ1) is 18.0. The minimum absolute atomic E-state index is 0.821. The number of nitrogens with one attached hydrogen (secondary N) is 2. The highest BCUT2D eigenvalue weighted by atomic mass is 15.3. The molecule has 2 N–H and O–H groups in total. The molecule has 4 aromatic rings. The van der Waals surface area contributed by atoms with Gasteiger partial charge in [-0.1, -0.05) is 37.5 Å². The largest absolute Gasteiger partial charge is 0.369 e. The summed E-state index contributed by atoms with van der Waals surface area (Å²) in [7, 11) is 0. The van der Waals surface area contributed by atoms with E-state index in [1.54, 1.807) is 0 Å². The lowest BCUT2D eigenvalue weighted by Crippen LogP contribution is -2.50. The third-order valence-electron chi connectivity index (χ3n) is 6.93. The lowest BCUT2D eigenvalue weighted by molar-refractivity contribution is 0.148. The smallest absolute Gasteiger partial charge is 0.159 e. The van der Waals surface area contributed by atoms with Crippen molar-refractivity contribution in [3.05, 3.63) is 42.5 Å². The predicted octanol–water partition coefficient (Wildman–Crippen LogP) is 4.56. The van der Waals surface area contributed by atoms with Crippen LogP contribution < -0.4 is 4.90 Å². The number of hydrogen-bond acceptors (Lipinski definition) is 4. The zero-order valence-electron chi connectivity index (χ0n) is 17.3. The Hall–Kier alpha value is -2.86. The number of fused-ring (bicyclic) bond motifs is 2. The van der Waals surface area contributed by atoms with Crippen molar-refractivity contribution in [2.45, 2.75) is 38.1 Å². The van der Waals surface area contributed by atoms with E-state index in [4.69, 9.17) is 4.98 Å². The van der Waals surface area contributed by atoms with Gasteiger partial charge in [0.1, 0.15) is 5.69 Å². The number of H-pyrrole nitrogens is 2. The number of nitrogens with zero attached hydrogens (tertiary/aromatic N) is 4.